The molecule has 1 aliphatic rings. The van der Waals surface area contributed by atoms with Crippen molar-refractivity contribution in [1.82, 2.24) is 4.90 Å². The van der Waals surface area contributed by atoms with Crippen molar-refractivity contribution in [1.29, 1.82) is 0 Å². The number of guanidine groups is 1. The first-order valence-electron chi connectivity index (χ1n) is 5.26. The smallest absolute Gasteiger partial charge is 0.191 e. The van der Waals surface area contributed by atoms with Crippen LogP contribution in [0.4, 0.5) is 0 Å². The van der Waals surface area contributed by atoms with Gasteiger partial charge >= 0.3 is 0 Å². The molecule has 0 bridgehead atoms. The Bertz CT molecular complexity index is 558. The summed E-state index contributed by atoms with van der Waals surface area (Å²) in [6, 6.07) is 8.78. The van der Waals surface area contributed by atoms with Crippen molar-refractivity contribution < 1.29 is 0 Å². The number of likely N-dealkylation sites (N-methyl/N-ethyl adjacent to an activating group) is 1. The van der Waals surface area contributed by atoms with Gasteiger partial charge in [0.15, 0.2) is 5.96 Å². The number of fused-ring (bicyclic) bond motifs is 1. The summed E-state index contributed by atoms with van der Waals surface area (Å²) in [6.45, 7) is 0.767. The van der Waals surface area contributed by atoms with E-state index in [-0.39, 0.29) is 0 Å². The molecule has 16 heavy (non-hydrogen) atoms. The van der Waals surface area contributed by atoms with Gasteiger partial charge in [-0.15, -0.1) is 11.3 Å². The Morgan fingerprint density at radius 2 is 2.25 bits per heavy atom. The molecule has 1 aromatic carbocycles. The zero-order chi connectivity index (χ0) is 11.1. The van der Waals surface area contributed by atoms with Gasteiger partial charge in [-0.05, 0) is 22.4 Å². The molecule has 0 radical (unpaired) electrons. The third kappa shape index (κ3) is 1.30. The lowest BCUT2D eigenvalue weighted by Crippen LogP contribution is -2.32. The van der Waals surface area contributed by atoms with Crippen LogP contribution in [0.3, 0.4) is 0 Å². The van der Waals surface area contributed by atoms with Gasteiger partial charge < -0.3 is 10.6 Å². The molecule has 2 N–H and O–H groups in total. The molecule has 0 spiro atoms. The monoisotopic (exact) mass is 231 g/mol. The number of rotatable bonds is 1. The summed E-state index contributed by atoms with van der Waals surface area (Å²) in [4.78, 5) is 6.34. The first-order chi connectivity index (χ1) is 7.77. The van der Waals surface area contributed by atoms with Crippen molar-refractivity contribution in [3.63, 3.8) is 0 Å². The summed E-state index contributed by atoms with van der Waals surface area (Å²) in [5, 5.41) is 3.55. The number of hydrogen-bond donors (Lipinski definition) is 1. The number of nitrogens with zero attached hydrogens (tertiary/aromatic N) is 2. The van der Waals surface area contributed by atoms with E-state index >= 15 is 0 Å². The minimum atomic E-state index is 0.302. The standard InChI is InChI=1S/C12H13N3S/c1-15-10(6-14-12(15)13)9-7-16-11-5-3-2-4-8(9)11/h2-5,7,10H,6H2,1H3,(H2,13,14). The Morgan fingerprint density at radius 3 is 3.00 bits per heavy atom. The number of aliphatic imine (C=N–C) groups is 1. The molecule has 1 unspecified atom stereocenters. The second-order valence-corrected chi connectivity index (χ2v) is 4.92. The van der Waals surface area contributed by atoms with E-state index in [0.717, 1.165) is 6.54 Å². The molecule has 3 nitrogen and oxygen atoms in total. The SMILES string of the molecule is CN1C(N)=NCC1c1csc2ccccc12. The van der Waals surface area contributed by atoms with Gasteiger partial charge in [-0.25, -0.2) is 0 Å². The number of benzene rings is 1. The minimum Gasteiger partial charge on any atom is -0.370 e. The van der Waals surface area contributed by atoms with E-state index in [1.807, 2.05) is 7.05 Å². The minimum absolute atomic E-state index is 0.302. The summed E-state index contributed by atoms with van der Waals surface area (Å²) in [5.74, 6) is 0.639. The zero-order valence-corrected chi connectivity index (χ0v) is 9.87. The van der Waals surface area contributed by atoms with Crippen LogP contribution < -0.4 is 5.73 Å². The van der Waals surface area contributed by atoms with Crippen molar-refractivity contribution in [2.45, 2.75) is 6.04 Å². The molecule has 1 atom stereocenters. The van der Waals surface area contributed by atoms with Crippen LogP contribution in [-0.2, 0) is 0 Å². The Morgan fingerprint density at radius 1 is 1.44 bits per heavy atom. The van der Waals surface area contributed by atoms with Crippen molar-refractivity contribution in [2.75, 3.05) is 13.6 Å². The molecule has 1 aromatic heterocycles. The van der Waals surface area contributed by atoms with E-state index in [1.165, 1.54) is 15.6 Å². The highest BCUT2D eigenvalue weighted by molar-refractivity contribution is 7.17. The van der Waals surface area contributed by atoms with Gasteiger partial charge in [-0.2, -0.15) is 0 Å². The maximum absolute atomic E-state index is 5.80. The molecular weight excluding hydrogens is 218 g/mol. The predicted molar refractivity (Wildman–Crippen MR) is 68.8 cm³/mol. The first kappa shape index (κ1) is 9.66. The van der Waals surface area contributed by atoms with E-state index in [0.29, 0.717) is 12.0 Å². The second-order valence-electron chi connectivity index (χ2n) is 4.01. The molecule has 4 heteroatoms. The highest BCUT2D eigenvalue weighted by atomic mass is 32.1. The summed E-state index contributed by atoms with van der Waals surface area (Å²) in [5.41, 5.74) is 7.14. The van der Waals surface area contributed by atoms with Gasteiger partial charge in [0, 0.05) is 11.7 Å². The zero-order valence-electron chi connectivity index (χ0n) is 9.05. The fraction of sp³-hybridized carbons (Fsp3) is 0.250. The lowest BCUT2D eigenvalue weighted by atomic mass is 10.1. The molecule has 0 fully saturated rings. The molecule has 0 saturated heterocycles. The van der Waals surface area contributed by atoms with Crippen molar-refractivity contribution in [3.8, 4) is 0 Å². The van der Waals surface area contributed by atoms with E-state index in [1.54, 1.807) is 11.3 Å². The van der Waals surface area contributed by atoms with Gasteiger partial charge in [-0.1, -0.05) is 18.2 Å². The maximum atomic E-state index is 5.80. The molecule has 2 aromatic rings. The molecule has 0 saturated carbocycles. The highest BCUT2D eigenvalue weighted by Crippen LogP contribution is 2.34. The molecule has 2 heterocycles. The van der Waals surface area contributed by atoms with Gasteiger partial charge in [0.05, 0.1) is 12.6 Å². The Balaban J connectivity index is 2.07. The van der Waals surface area contributed by atoms with Crippen LogP contribution in [0.1, 0.15) is 11.6 Å². The Kier molecular flexibility index (Phi) is 2.11. The summed E-state index contributed by atoms with van der Waals surface area (Å²) in [7, 11) is 2.00. The second kappa shape index (κ2) is 3.49. The van der Waals surface area contributed by atoms with Crippen LogP contribution in [0.5, 0.6) is 0 Å². The largest absolute Gasteiger partial charge is 0.370 e. The fourth-order valence-corrected chi connectivity index (χ4v) is 3.15. The van der Waals surface area contributed by atoms with Crippen LogP contribution in [-0.4, -0.2) is 24.5 Å². The van der Waals surface area contributed by atoms with Gasteiger partial charge in [0.1, 0.15) is 0 Å². The lowest BCUT2D eigenvalue weighted by Gasteiger charge is -2.20. The average Bonchev–Trinajstić information content (AvgIpc) is 2.85. The Labute approximate surface area is 98.2 Å². The molecule has 0 amide bonds. The summed E-state index contributed by atoms with van der Waals surface area (Å²) in [6.07, 6.45) is 0. The highest BCUT2D eigenvalue weighted by Gasteiger charge is 2.25. The number of thiophene rings is 1. The van der Waals surface area contributed by atoms with E-state index < -0.39 is 0 Å². The van der Waals surface area contributed by atoms with Gasteiger partial charge in [0.25, 0.3) is 0 Å². The average molecular weight is 231 g/mol. The molecule has 3 rings (SSSR count). The van der Waals surface area contributed by atoms with Crippen LogP contribution in [0.2, 0.25) is 0 Å². The van der Waals surface area contributed by atoms with E-state index in [2.05, 4.69) is 39.5 Å². The number of hydrogen-bond acceptors (Lipinski definition) is 4. The van der Waals surface area contributed by atoms with Gasteiger partial charge in [-0.3, -0.25) is 4.99 Å². The van der Waals surface area contributed by atoms with Gasteiger partial charge in [0.2, 0.25) is 0 Å². The van der Waals surface area contributed by atoms with Crippen LogP contribution in [0, 0.1) is 0 Å². The lowest BCUT2D eigenvalue weighted by molar-refractivity contribution is 0.417. The van der Waals surface area contributed by atoms with Crippen molar-refractivity contribution in [2.24, 2.45) is 10.7 Å². The molecule has 0 aliphatic carbocycles. The van der Waals surface area contributed by atoms with E-state index in [9.17, 15) is 0 Å². The first-order valence-corrected chi connectivity index (χ1v) is 6.14. The van der Waals surface area contributed by atoms with Crippen molar-refractivity contribution in [3.05, 3.63) is 35.2 Å². The van der Waals surface area contributed by atoms with Crippen LogP contribution >= 0.6 is 11.3 Å². The molecular formula is C12H13N3S. The fourth-order valence-electron chi connectivity index (χ4n) is 2.14. The van der Waals surface area contributed by atoms with Crippen molar-refractivity contribution >= 4 is 27.4 Å². The summed E-state index contributed by atoms with van der Waals surface area (Å²) >= 11 is 1.79. The quantitative estimate of drug-likeness (QED) is 0.817. The Hall–Kier alpha value is -1.55. The number of nitrogens with two attached hydrogens (primary N) is 1. The topological polar surface area (TPSA) is 41.6 Å². The summed E-state index contributed by atoms with van der Waals surface area (Å²) < 4.78 is 1.33. The third-order valence-corrected chi connectivity index (χ3v) is 4.11. The normalized spacial score (nSPS) is 20.4. The molecule has 82 valence electrons. The third-order valence-electron chi connectivity index (χ3n) is 3.13. The van der Waals surface area contributed by atoms with E-state index in [4.69, 9.17) is 5.73 Å². The van der Waals surface area contributed by atoms with Crippen LogP contribution in [0.25, 0.3) is 10.1 Å². The maximum Gasteiger partial charge on any atom is 0.191 e. The molecule has 1 aliphatic heterocycles. The predicted octanol–water partition coefficient (Wildman–Crippen LogP) is 2.20. The van der Waals surface area contributed by atoms with Crippen LogP contribution in [0.15, 0.2) is 34.6 Å².